The van der Waals surface area contributed by atoms with E-state index in [0.29, 0.717) is 5.56 Å². The Balaban J connectivity index is 1.97. The van der Waals surface area contributed by atoms with Gasteiger partial charge in [0, 0.05) is 18.7 Å². The number of rotatable bonds is 2. The summed E-state index contributed by atoms with van der Waals surface area (Å²) in [6.45, 7) is 4.10. The Bertz CT molecular complexity index is 904. The van der Waals surface area contributed by atoms with Crippen LogP contribution in [0.25, 0.3) is 0 Å². The van der Waals surface area contributed by atoms with Gasteiger partial charge in [0.2, 0.25) is 10.0 Å². The lowest BCUT2D eigenvalue weighted by Gasteiger charge is -2.42. The van der Waals surface area contributed by atoms with Crippen LogP contribution in [0.1, 0.15) is 21.5 Å². The van der Waals surface area contributed by atoms with Crippen molar-refractivity contribution in [2.75, 3.05) is 30.9 Å². The molecule has 7 nitrogen and oxygen atoms in total. The van der Waals surface area contributed by atoms with E-state index in [4.69, 9.17) is 0 Å². The number of aryl methyl sites for hydroxylation is 2. The number of sulfonamides is 1. The van der Waals surface area contributed by atoms with Gasteiger partial charge in [0.1, 0.15) is 0 Å². The molecular formula is C16H22N2O5S2. The number of benzene rings is 1. The predicted molar refractivity (Wildman–Crippen MR) is 94.7 cm³/mol. The first kappa shape index (κ1) is 18.3. The molecule has 0 unspecified atom stereocenters. The molecule has 0 aromatic heterocycles. The minimum atomic E-state index is -3.53. The number of carbonyl (C=O) groups excluding carboxylic acids is 1. The first-order valence-corrected chi connectivity index (χ1v) is 11.7. The minimum absolute atomic E-state index is 0.117. The number of piperazine rings is 1. The summed E-state index contributed by atoms with van der Waals surface area (Å²) in [4.78, 5) is 14.5. The Kier molecular flexibility index (Phi) is 4.45. The third kappa shape index (κ3) is 3.58. The van der Waals surface area contributed by atoms with Gasteiger partial charge in [0.05, 0.1) is 29.8 Å². The zero-order chi connectivity index (χ0) is 18.6. The first-order chi connectivity index (χ1) is 11.5. The first-order valence-electron chi connectivity index (χ1n) is 8.04. The second kappa shape index (κ2) is 6.07. The van der Waals surface area contributed by atoms with Crippen LogP contribution in [-0.2, 0) is 19.9 Å². The molecule has 138 valence electrons. The van der Waals surface area contributed by atoms with Crippen molar-refractivity contribution in [3.05, 3.63) is 34.9 Å². The van der Waals surface area contributed by atoms with Gasteiger partial charge in [-0.2, -0.15) is 4.31 Å². The lowest BCUT2D eigenvalue weighted by atomic mass is 10.0. The number of nitrogens with zero attached hydrogens (tertiary/aromatic N) is 2. The molecule has 0 spiro atoms. The maximum Gasteiger partial charge on any atom is 0.254 e. The van der Waals surface area contributed by atoms with Gasteiger partial charge in [-0.25, -0.2) is 16.8 Å². The highest BCUT2D eigenvalue weighted by atomic mass is 32.2. The van der Waals surface area contributed by atoms with E-state index in [1.807, 2.05) is 19.9 Å². The predicted octanol–water partition coefficient (Wildman–Crippen LogP) is 0.186. The fourth-order valence-corrected chi connectivity index (χ4v) is 7.04. The molecule has 2 aliphatic heterocycles. The number of hydrogen-bond acceptors (Lipinski definition) is 5. The molecular weight excluding hydrogens is 364 g/mol. The molecule has 2 fully saturated rings. The van der Waals surface area contributed by atoms with Crippen LogP contribution in [0.4, 0.5) is 0 Å². The quantitative estimate of drug-likeness (QED) is 0.723. The summed E-state index contributed by atoms with van der Waals surface area (Å²) in [5.74, 6) is -0.672. The van der Waals surface area contributed by atoms with Crippen molar-refractivity contribution in [2.45, 2.75) is 25.9 Å². The lowest BCUT2D eigenvalue weighted by Crippen LogP contribution is -2.61. The van der Waals surface area contributed by atoms with Gasteiger partial charge in [-0.3, -0.25) is 4.79 Å². The molecule has 0 N–H and O–H groups in total. The topological polar surface area (TPSA) is 91.8 Å². The molecule has 2 atom stereocenters. The summed E-state index contributed by atoms with van der Waals surface area (Å²) in [7, 11) is -6.91. The van der Waals surface area contributed by atoms with E-state index in [1.165, 1.54) is 9.21 Å². The van der Waals surface area contributed by atoms with Crippen molar-refractivity contribution in [2.24, 2.45) is 0 Å². The molecule has 1 amide bonds. The molecule has 2 aliphatic rings. The normalized spacial score (nSPS) is 26.4. The van der Waals surface area contributed by atoms with E-state index in [2.05, 4.69) is 0 Å². The SMILES string of the molecule is Cc1cc(C)cc(C(=O)N2CCN(S(C)(=O)=O)[C@@H]3CS(=O)(=O)C[C@@H]32)c1. The van der Waals surface area contributed by atoms with Crippen LogP contribution < -0.4 is 0 Å². The van der Waals surface area contributed by atoms with Gasteiger partial charge < -0.3 is 4.90 Å². The van der Waals surface area contributed by atoms with E-state index in [0.717, 1.165) is 17.4 Å². The molecule has 1 aromatic rings. The van der Waals surface area contributed by atoms with E-state index in [9.17, 15) is 21.6 Å². The molecule has 2 saturated heterocycles. The maximum absolute atomic E-state index is 13.0. The highest BCUT2D eigenvalue weighted by Gasteiger charge is 2.50. The summed E-state index contributed by atoms with van der Waals surface area (Å²) >= 11 is 0. The highest BCUT2D eigenvalue weighted by Crippen LogP contribution is 2.30. The smallest absolute Gasteiger partial charge is 0.254 e. The average Bonchev–Trinajstić information content (AvgIpc) is 2.77. The van der Waals surface area contributed by atoms with Gasteiger partial charge in [0.25, 0.3) is 5.91 Å². The van der Waals surface area contributed by atoms with Crippen molar-refractivity contribution in [1.29, 1.82) is 0 Å². The molecule has 9 heteroatoms. The molecule has 3 rings (SSSR count). The van der Waals surface area contributed by atoms with E-state index < -0.39 is 31.9 Å². The van der Waals surface area contributed by atoms with Gasteiger partial charge in [-0.15, -0.1) is 0 Å². The van der Waals surface area contributed by atoms with Crippen LogP contribution in [0.3, 0.4) is 0 Å². The van der Waals surface area contributed by atoms with Crippen molar-refractivity contribution in [3.8, 4) is 0 Å². The van der Waals surface area contributed by atoms with Crippen molar-refractivity contribution < 1.29 is 21.6 Å². The zero-order valence-corrected chi connectivity index (χ0v) is 16.1. The number of hydrogen-bond donors (Lipinski definition) is 0. The van der Waals surface area contributed by atoms with Crippen LogP contribution in [0.2, 0.25) is 0 Å². The minimum Gasteiger partial charge on any atom is -0.332 e. The maximum atomic E-state index is 13.0. The van der Waals surface area contributed by atoms with Gasteiger partial charge in [-0.1, -0.05) is 17.2 Å². The highest BCUT2D eigenvalue weighted by molar-refractivity contribution is 7.92. The Hall–Kier alpha value is -1.45. The largest absolute Gasteiger partial charge is 0.332 e. The Morgan fingerprint density at radius 3 is 2.16 bits per heavy atom. The van der Waals surface area contributed by atoms with Crippen LogP contribution >= 0.6 is 0 Å². The third-order valence-corrected chi connectivity index (χ3v) is 7.78. The third-order valence-electron chi connectivity index (χ3n) is 4.78. The van der Waals surface area contributed by atoms with Crippen molar-refractivity contribution in [1.82, 2.24) is 9.21 Å². The molecule has 2 heterocycles. The van der Waals surface area contributed by atoms with E-state index in [1.54, 1.807) is 12.1 Å². The number of sulfone groups is 1. The monoisotopic (exact) mass is 386 g/mol. The number of carbonyl (C=O) groups is 1. The number of amides is 1. The van der Waals surface area contributed by atoms with Crippen LogP contribution in [-0.4, -0.2) is 74.9 Å². The van der Waals surface area contributed by atoms with Gasteiger partial charge >= 0.3 is 0 Å². The zero-order valence-electron chi connectivity index (χ0n) is 14.5. The summed E-state index contributed by atoms with van der Waals surface area (Å²) in [6.07, 6.45) is 1.08. The molecule has 0 saturated carbocycles. The van der Waals surface area contributed by atoms with E-state index >= 15 is 0 Å². The summed E-state index contributed by atoms with van der Waals surface area (Å²) in [5, 5.41) is 0. The van der Waals surface area contributed by atoms with E-state index in [-0.39, 0.29) is 30.5 Å². The Morgan fingerprint density at radius 1 is 1.04 bits per heavy atom. The average molecular weight is 386 g/mol. The Morgan fingerprint density at radius 2 is 1.60 bits per heavy atom. The number of fused-ring (bicyclic) bond motifs is 1. The second-order valence-corrected chi connectivity index (χ2v) is 11.0. The van der Waals surface area contributed by atoms with Gasteiger partial charge in [-0.05, 0) is 26.0 Å². The van der Waals surface area contributed by atoms with Crippen LogP contribution in [0.5, 0.6) is 0 Å². The second-order valence-electron chi connectivity index (χ2n) is 6.96. The lowest BCUT2D eigenvalue weighted by molar-refractivity contribution is 0.0516. The standard InChI is InChI=1S/C16H22N2O5S2/c1-11-6-12(2)8-13(7-11)16(19)17-4-5-18(24(3,20)21)15-10-25(22,23)9-14(15)17/h6-8,14-15H,4-5,9-10H2,1-3H3/t14-,15+/m0/s1. The van der Waals surface area contributed by atoms with Crippen molar-refractivity contribution >= 4 is 25.8 Å². The summed E-state index contributed by atoms with van der Waals surface area (Å²) in [5.41, 5.74) is 2.41. The fraction of sp³-hybridized carbons (Fsp3) is 0.562. The summed E-state index contributed by atoms with van der Waals surface area (Å²) in [6, 6.07) is 4.17. The molecule has 1 aromatic carbocycles. The van der Waals surface area contributed by atoms with Crippen LogP contribution in [0.15, 0.2) is 18.2 Å². The van der Waals surface area contributed by atoms with Gasteiger partial charge in [0.15, 0.2) is 9.84 Å². The Labute approximate surface area is 148 Å². The fourth-order valence-electron chi connectivity index (χ4n) is 3.85. The molecule has 0 bridgehead atoms. The summed E-state index contributed by atoms with van der Waals surface area (Å²) < 4.78 is 49.5. The van der Waals surface area contributed by atoms with Crippen molar-refractivity contribution in [3.63, 3.8) is 0 Å². The van der Waals surface area contributed by atoms with Crippen LogP contribution in [0, 0.1) is 13.8 Å². The molecule has 0 aliphatic carbocycles. The molecule has 25 heavy (non-hydrogen) atoms. The molecule has 0 radical (unpaired) electrons.